The minimum Gasteiger partial charge on any atom is -0.444 e. The highest BCUT2D eigenvalue weighted by atomic mass is 16.6. The summed E-state index contributed by atoms with van der Waals surface area (Å²) in [6, 6.07) is 0.273. The second kappa shape index (κ2) is 11.8. The van der Waals surface area contributed by atoms with Crippen LogP contribution in [0.1, 0.15) is 79.1 Å². The van der Waals surface area contributed by atoms with Crippen LogP contribution >= 0.6 is 0 Å². The molecule has 0 aliphatic heterocycles. The summed E-state index contributed by atoms with van der Waals surface area (Å²) in [6.07, 6.45) is 9.19. The molecule has 0 N–H and O–H groups in total. The maximum atomic E-state index is 12.2. The molecule has 5 nitrogen and oxygen atoms in total. The average Bonchev–Trinajstić information content (AvgIpc) is 2.57. The van der Waals surface area contributed by atoms with Crippen LogP contribution in [0.5, 0.6) is 0 Å². The number of carbonyl (C=O) groups excluding carboxylic acids is 1. The smallest absolute Gasteiger partial charge is 0.410 e. The van der Waals surface area contributed by atoms with E-state index in [9.17, 15) is 4.79 Å². The third kappa shape index (κ3) is 9.77. The Morgan fingerprint density at radius 2 is 1.62 bits per heavy atom. The molecule has 0 aromatic heterocycles. The zero-order valence-corrected chi connectivity index (χ0v) is 18.1. The van der Waals surface area contributed by atoms with Gasteiger partial charge in [0.1, 0.15) is 5.60 Å². The van der Waals surface area contributed by atoms with Gasteiger partial charge in [0.15, 0.2) is 0 Å². The van der Waals surface area contributed by atoms with Crippen LogP contribution in [0, 0.1) is 0 Å². The van der Waals surface area contributed by atoms with E-state index in [4.69, 9.17) is 9.47 Å². The summed E-state index contributed by atoms with van der Waals surface area (Å²) >= 11 is 0. The normalized spacial score (nSPS) is 21.0. The molecular formula is C21H42N2O3. The van der Waals surface area contributed by atoms with Crippen molar-refractivity contribution in [2.24, 2.45) is 0 Å². The number of hydrogen-bond acceptors (Lipinski definition) is 4. The van der Waals surface area contributed by atoms with Gasteiger partial charge < -0.3 is 19.3 Å². The zero-order chi connectivity index (χ0) is 19.6. The van der Waals surface area contributed by atoms with Crippen molar-refractivity contribution in [3.8, 4) is 0 Å². The lowest BCUT2D eigenvalue weighted by molar-refractivity contribution is -0.00651. The van der Waals surface area contributed by atoms with Crippen LogP contribution < -0.4 is 0 Å². The van der Waals surface area contributed by atoms with Crippen molar-refractivity contribution in [1.29, 1.82) is 0 Å². The van der Waals surface area contributed by atoms with E-state index in [2.05, 4.69) is 18.9 Å². The minimum absolute atomic E-state index is 0.215. The second-order valence-corrected chi connectivity index (χ2v) is 8.76. The van der Waals surface area contributed by atoms with E-state index in [1.54, 1.807) is 4.90 Å². The Balaban J connectivity index is 2.15. The number of unbranched alkanes of at least 4 members (excludes halogenated alkanes) is 2. The van der Waals surface area contributed by atoms with Crippen molar-refractivity contribution in [3.05, 3.63) is 0 Å². The molecule has 0 unspecified atom stereocenters. The monoisotopic (exact) mass is 370 g/mol. The van der Waals surface area contributed by atoms with Gasteiger partial charge in [0, 0.05) is 26.2 Å². The van der Waals surface area contributed by atoms with E-state index in [0.717, 1.165) is 45.3 Å². The summed E-state index contributed by atoms with van der Waals surface area (Å²) in [7, 11) is 4.06. The van der Waals surface area contributed by atoms with Gasteiger partial charge in [-0.2, -0.15) is 0 Å². The maximum absolute atomic E-state index is 12.2. The number of carbonyl (C=O) groups is 1. The van der Waals surface area contributed by atoms with E-state index in [-0.39, 0.29) is 12.1 Å². The number of ether oxygens (including phenoxy) is 2. The third-order valence-electron chi connectivity index (χ3n) is 5.05. The molecule has 1 fully saturated rings. The summed E-state index contributed by atoms with van der Waals surface area (Å²) in [5.41, 5.74) is -0.435. The Kier molecular flexibility index (Phi) is 10.6. The number of rotatable bonds is 10. The molecule has 154 valence electrons. The summed E-state index contributed by atoms with van der Waals surface area (Å²) in [5.74, 6) is 0. The summed E-state index contributed by atoms with van der Waals surface area (Å²) in [5, 5.41) is 0. The van der Waals surface area contributed by atoms with Crippen molar-refractivity contribution in [3.63, 3.8) is 0 Å². The zero-order valence-electron chi connectivity index (χ0n) is 18.1. The minimum atomic E-state index is -0.435. The van der Waals surface area contributed by atoms with Crippen LogP contribution in [0.25, 0.3) is 0 Å². The molecule has 0 bridgehead atoms. The van der Waals surface area contributed by atoms with Crippen LogP contribution in [0.3, 0.4) is 0 Å². The molecule has 1 amide bonds. The van der Waals surface area contributed by atoms with E-state index < -0.39 is 5.60 Å². The molecule has 0 saturated heterocycles. The van der Waals surface area contributed by atoms with Crippen LogP contribution in [0.15, 0.2) is 0 Å². The van der Waals surface area contributed by atoms with Crippen molar-refractivity contribution in [2.75, 3.05) is 33.8 Å². The highest BCUT2D eigenvalue weighted by molar-refractivity contribution is 5.68. The summed E-state index contributed by atoms with van der Waals surface area (Å²) in [4.78, 5) is 16.4. The quantitative estimate of drug-likeness (QED) is 0.523. The topological polar surface area (TPSA) is 42.0 Å². The number of amides is 1. The van der Waals surface area contributed by atoms with E-state index in [1.807, 2.05) is 27.8 Å². The second-order valence-electron chi connectivity index (χ2n) is 8.76. The molecule has 0 aromatic carbocycles. The van der Waals surface area contributed by atoms with Gasteiger partial charge in [-0.05, 0) is 72.9 Å². The first-order chi connectivity index (χ1) is 12.2. The van der Waals surface area contributed by atoms with Crippen molar-refractivity contribution in [1.82, 2.24) is 9.80 Å². The fourth-order valence-corrected chi connectivity index (χ4v) is 3.41. The maximum Gasteiger partial charge on any atom is 0.410 e. The molecule has 0 aromatic rings. The first kappa shape index (κ1) is 23.2. The van der Waals surface area contributed by atoms with E-state index in [1.165, 1.54) is 25.8 Å². The Bertz CT molecular complexity index is 387. The summed E-state index contributed by atoms with van der Waals surface area (Å²) < 4.78 is 11.5. The van der Waals surface area contributed by atoms with Crippen molar-refractivity contribution >= 4 is 6.09 Å². The molecule has 1 rings (SSSR count). The Morgan fingerprint density at radius 1 is 1.00 bits per heavy atom. The molecule has 0 radical (unpaired) electrons. The molecule has 1 aliphatic rings. The van der Waals surface area contributed by atoms with Gasteiger partial charge in [-0.25, -0.2) is 4.79 Å². The first-order valence-electron chi connectivity index (χ1n) is 10.5. The van der Waals surface area contributed by atoms with Crippen LogP contribution in [-0.2, 0) is 9.47 Å². The molecule has 0 atom stereocenters. The van der Waals surface area contributed by atoms with Crippen LogP contribution in [0.4, 0.5) is 4.79 Å². The predicted molar refractivity (Wildman–Crippen MR) is 108 cm³/mol. The SMILES string of the molecule is CCCCCN(C)CCCOC1CCC(N(C)C(=O)OC(C)(C)C)CC1. The Morgan fingerprint density at radius 3 is 2.19 bits per heavy atom. The number of nitrogens with zero attached hydrogens (tertiary/aromatic N) is 2. The first-order valence-corrected chi connectivity index (χ1v) is 10.5. The largest absolute Gasteiger partial charge is 0.444 e. The molecule has 0 heterocycles. The lowest BCUT2D eigenvalue weighted by Crippen LogP contribution is -2.43. The van der Waals surface area contributed by atoms with Gasteiger partial charge in [-0.1, -0.05) is 19.8 Å². The van der Waals surface area contributed by atoms with Gasteiger partial charge in [0.25, 0.3) is 0 Å². The van der Waals surface area contributed by atoms with Crippen molar-refractivity contribution < 1.29 is 14.3 Å². The standard InChI is InChI=1S/C21H42N2O3/c1-7-8-9-15-22(5)16-10-17-25-19-13-11-18(12-14-19)23(6)20(24)26-21(2,3)4/h18-19H,7-17H2,1-6H3. The van der Waals surface area contributed by atoms with E-state index in [0.29, 0.717) is 6.10 Å². The molecule has 5 heteroatoms. The molecule has 1 saturated carbocycles. The Hall–Kier alpha value is -0.810. The lowest BCUT2D eigenvalue weighted by Gasteiger charge is -2.35. The highest BCUT2D eigenvalue weighted by Gasteiger charge is 2.29. The predicted octanol–water partition coefficient (Wildman–Crippen LogP) is 4.69. The average molecular weight is 371 g/mol. The molecule has 26 heavy (non-hydrogen) atoms. The molecule has 1 aliphatic carbocycles. The van der Waals surface area contributed by atoms with Crippen LogP contribution in [0.2, 0.25) is 0 Å². The van der Waals surface area contributed by atoms with Gasteiger partial charge in [-0.3, -0.25) is 0 Å². The highest BCUT2D eigenvalue weighted by Crippen LogP contribution is 2.25. The lowest BCUT2D eigenvalue weighted by atomic mass is 9.92. The van der Waals surface area contributed by atoms with Gasteiger partial charge in [0.05, 0.1) is 6.10 Å². The Labute approximate surface area is 161 Å². The fraction of sp³-hybridized carbons (Fsp3) is 0.952. The van der Waals surface area contributed by atoms with Gasteiger partial charge in [-0.15, -0.1) is 0 Å². The van der Waals surface area contributed by atoms with Crippen molar-refractivity contribution in [2.45, 2.75) is 96.8 Å². The van der Waals surface area contributed by atoms with Gasteiger partial charge >= 0.3 is 6.09 Å². The fourth-order valence-electron chi connectivity index (χ4n) is 3.41. The van der Waals surface area contributed by atoms with Crippen LogP contribution in [-0.4, -0.2) is 67.4 Å². The third-order valence-corrected chi connectivity index (χ3v) is 5.05. The summed E-state index contributed by atoms with van der Waals surface area (Å²) in [6.45, 7) is 11.1. The number of hydrogen-bond donors (Lipinski definition) is 0. The van der Waals surface area contributed by atoms with Gasteiger partial charge in [0.2, 0.25) is 0 Å². The molecular weight excluding hydrogens is 328 g/mol. The molecule has 0 spiro atoms. The van der Waals surface area contributed by atoms with E-state index >= 15 is 0 Å².